The smallest absolute Gasteiger partial charge is 0.410 e. The van der Waals surface area contributed by atoms with Crippen LogP contribution in [0, 0.1) is 30.6 Å². The van der Waals surface area contributed by atoms with Gasteiger partial charge in [0, 0.05) is 13.0 Å². The average molecular weight is 379 g/mol. The van der Waals surface area contributed by atoms with E-state index in [1.54, 1.807) is 17.9 Å². The number of likely N-dealkylation sites (tertiary alicyclic amines) is 1. The van der Waals surface area contributed by atoms with E-state index in [1.165, 1.54) is 11.1 Å². The molecule has 2 bridgehead atoms. The van der Waals surface area contributed by atoms with Gasteiger partial charge in [-0.1, -0.05) is 0 Å². The largest absolute Gasteiger partial charge is 0.448 e. The van der Waals surface area contributed by atoms with Crippen LogP contribution in [0.2, 0.25) is 0 Å². The number of pyridine rings is 1. The lowest BCUT2D eigenvalue weighted by atomic mass is 10.1. The summed E-state index contributed by atoms with van der Waals surface area (Å²) in [5, 5.41) is 9.02. The molecule has 3 aliphatic rings. The Bertz CT molecular complexity index is 962. The monoisotopic (exact) mass is 379 g/mol. The summed E-state index contributed by atoms with van der Waals surface area (Å²) in [5.74, 6) is 2.00. The van der Waals surface area contributed by atoms with Gasteiger partial charge in [-0.3, -0.25) is 4.79 Å². The van der Waals surface area contributed by atoms with Crippen molar-refractivity contribution in [3.63, 3.8) is 0 Å². The van der Waals surface area contributed by atoms with Gasteiger partial charge in [-0.05, 0) is 25.0 Å². The van der Waals surface area contributed by atoms with Crippen LogP contribution in [0.1, 0.15) is 24.1 Å². The number of carbonyl (C=O) groups excluding carboxylic acids is 3. The fraction of sp³-hybridized carbons (Fsp3) is 0.421. The molecule has 0 aliphatic carbocycles. The van der Waals surface area contributed by atoms with Crippen molar-refractivity contribution in [2.75, 3.05) is 18.1 Å². The molecule has 0 spiro atoms. The first kappa shape index (κ1) is 17.8. The van der Waals surface area contributed by atoms with E-state index in [2.05, 4.69) is 10.9 Å². The van der Waals surface area contributed by atoms with Gasteiger partial charge in [-0.15, -0.1) is 12.3 Å². The summed E-state index contributed by atoms with van der Waals surface area (Å²) in [7, 11) is 0. The van der Waals surface area contributed by atoms with Crippen molar-refractivity contribution >= 4 is 23.7 Å². The number of nitrogens with zero attached hydrogens (tertiary/aromatic N) is 5. The molecule has 0 aromatic carbocycles. The third kappa shape index (κ3) is 2.48. The Kier molecular flexibility index (Phi) is 4.16. The summed E-state index contributed by atoms with van der Waals surface area (Å²) in [6, 6.07) is 1.75. The summed E-state index contributed by atoms with van der Waals surface area (Å²) >= 11 is 0. The zero-order valence-electron chi connectivity index (χ0n) is 15.2. The maximum Gasteiger partial charge on any atom is 0.410 e. The van der Waals surface area contributed by atoms with Gasteiger partial charge >= 0.3 is 12.1 Å². The third-order valence-electron chi connectivity index (χ3n) is 5.40. The highest BCUT2D eigenvalue weighted by Crippen LogP contribution is 2.42. The van der Waals surface area contributed by atoms with Crippen LogP contribution in [-0.2, 0) is 9.53 Å². The van der Waals surface area contributed by atoms with Crippen LogP contribution in [0.5, 0.6) is 0 Å². The van der Waals surface area contributed by atoms with Crippen molar-refractivity contribution in [2.24, 2.45) is 0 Å². The Morgan fingerprint density at radius 2 is 2.25 bits per heavy atom. The van der Waals surface area contributed by atoms with Gasteiger partial charge in [0.1, 0.15) is 24.4 Å². The lowest BCUT2D eigenvalue weighted by Crippen LogP contribution is -2.55. The van der Waals surface area contributed by atoms with Crippen LogP contribution in [0.4, 0.5) is 15.3 Å². The normalized spacial score (nSPS) is 25.0. The predicted octanol–water partition coefficient (Wildman–Crippen LogP) is 1.02. The van der Waals surface area contributed by atoms with Crippen molar-refractivity contribution in [3.8, 4) is 18.4 Å². The van der Waals surface area contributed by atoms with Gasteiger partial charge in [0.15, 0.2) is 0 Å². The minimum absolute atomic E-state index is 0.118. The lowest BCUT2D eigenvalue weighted by molar-refractivity contribution is -0.121. The Labute approximate surface area is 161 Å². The number of nitriles is 1. The number of aryl methyl sites for hydroxylation is 1. The molecular weight excluding hydrogens is 362 g/mol. The van der Waals surface area contributed by atoms with Gasteiger partial charge in [0.25, 0.3) is 5.91 Å². The van der Waals surface area contributed by atoms with E-state index in [0.29, 0.717) is 30.6 Å². The highest BCUT2D eigenvalue weighted by atomic mass is 16.6. The number of anilines is 1. The third-order valence-corrected chi connectivity index (χ3v) is 5.40. The SMILES string of the molecule is C#CCCOC(=O)N1CC2CC1C1C(=O)N(c3cnc(C#N)c(C)c3)C(=O)N21. The molecule has 28 heavy (non-hydrogen) atoms. The standard InChI is InChI=1S/C19H17N5O4/c1-3-4-5-28-19(27)22-10-13-7-15(22)16-17(25)24(18(26)23(13)16)12-6-11(2)14(8-20)21-9-12/h1,6,9,13,15-16H,4-5,7,10H2,2H3. The van der Waals surface area contributed by atoms with Gasteiger partial charge in [-0.2, -0.15) is 5.26 Å². The van der Waals surface area contributed by atoms with E-state index < -0.39 is 30.1 Å². The van der Waals surface area contributed by atoms with Crippen LogP contribution < -0.4 is 4.90 Å². The van der Waals surface area contributed by atoms with E-state index in [9.17, 15) is 14.4 Å². The van der Waals surface area contributed by atoms with E-state index in [-0.39, 0.29) is 18.3 Å². The number of hydrogen-bond donors (Lipinski definition) is 0. The second kappa shape index (κ2) is 6.54. The first-order valence-electron chi connectivity index (χ1n) is 8.87. The molecule has 3 atom stereocenters. The number of urea groups is 1. The highest BCUT2D eigenvalue weighted by molar-refractivity contribution is 6.22. The Morgan fingerprint density at radius 1 is 1.46 bits per heavy atom. The number of amides is 4. The molecule has 4 rings (SSSR count). The summed E-state index contributed by atoms with van der Waals surface area (Å²) in [6.07, 6.45) is 6.85. The number of aromatic nitrogens is 1. The van der Waals surface area contributed by atoms with E-state index >= 15 is 0 Å². The number of carbonyl (C=O) groups is 3. The van der Waals surface area contributed by atoms with Crippen LogP contribution in [0.3, 0.4) is 0 Å². The number of terminal acetylenes is 1. The molecule has 3 unspecified atom stereocenters. The van der Waals surface area contributed by atoms with E-state index in [0.717, 1.165) is 4.90 Å². The van der Waals surface area contributed by atoms with Crippen molar-refractivity contribution in [1.82, 2.24) is 14.8 Å². The molecule has 4 amide bonds. The Morgan fingerprint density at radius 3 is 2.93 bits per heavy atom. The molecule has 9 nitrogen and oxygen atoms in total. The second-order valence-electron chi connectivity index (χ2n) is 6.96. The molecule has 0 saturated carbocycles. The molecule has 0 N–H and O–H groups in total. The van der Waals surface area contributed by atoms with Crippen LogP contribution in [0.15, 0.2) is 12.3 Å². The van der Waals surface area contributed by atoms with Crippen molar-refractivity contribution in [1.29, 1.82) is 5.26 Å². The molecule has 9 heteroatoms. The maximum absolute atomic E-state index is 13.0. The zero-order chi connectivity index (χ0) is 20.0. The summed E-state index contributed by atoms with van der Waals surface area (Å²) in [5.41, 5.74) is 1.14. The number of rotatable bonds is 3. The fourth-order valence-corrected chi connectivity index (χ4v) is 4.18. The summed E-state index contributed by atoms with van der Waals surface area (Å²) in [6.45, 7) is 2.14. The second-order valence-corrected chi connectivity index (χ2v) is 6.96. The van der Waals surface area contributed by atoms with Crippen molar-refractivity contribution in [2.45, 2.75) is 37.9 Å². The Balaban J connectivity index is 1.57. The van der Waals surface area contributed by atoms with Crippen LogP contribution in [0.25, 0.3) is 0 Å². The predicted molar refractivity (Wildman–Crippen MR) is 95.9 cm³/mol. The fourth-order valence-electron chi connectivity index (χ4n) is 4.18. The molecule has 142 valence electrons. The van der Waals surface area contributed by atoms with Crippen LogP contribution in [-0.4, -0.2) is 64.1 Å². The van der Waals surface area contributed by atoms with Gasteiger partial charge < -0.3 is 14.5 Å². The van der Waals surface area contributed by atoms with Gasteiger partial charge in [0.2, 0.25) is 0 Å². The molecule has 1 aromatic rings. The lowest BCUT2D eigenvalue weighted by Gasteiger charge is -2.34. The first-order valence-corrected chi connectivity index (χ1v) is 8.87. The number of fused-ring (bicyclic) bond motifs is 5. The molecule has 3 saturated heterocycles. The summed E-state index contributed by atoms with van der Waals surface area (Å²) < 4.78 is 5.16. The van der Waals surface area contributed by atoms with Gasteiger partial charge in [-0.25, -0.2) is 19.5 Å². The maximum atomic E-state index is 13.0. The minimum Gasteiger partial charge on any atom is -0.448 e. The minimum atomic E-state index is -0.734. The number of ether oxygens (including phenoxy) is 1. The average Bonchev–Trinajstić information content (AvgIpc) is 3.33. The van der Waals surface area contributed by atoms with Gasteiger partial charge in [0.05, 0.1) is 24.0 Å². The molecule has 1 aromatic heterocycles. The molecule has 4 heterocycles. The quantitative estimate of drug-likeness (QED) is 0.441. The van der Waals surface area contributed by atoms with E-state index in [4.69, 9.17) is 16.4 Å². The number of piperazine rings is 1. The van der Waals surface area contributed by atoms with Crippen molar-refractivity contribution < 1.29 is 19.1 Å². The molecule has 0 radical (unpaired) electrons. The topological polar surface area (TPSA) is 107 Å². The van der Waals surface area contributed by atoms with Crippen molar-refractivity contribution in [3.05, 3.63) is 23.5 Å². The Hall–Kier alpha value is -3.59. The molecule has 3 aliphatic heterocycles. The first-order chi connectivity index (χ1) is 13.5. The number of imide groups is 1. The molecule has 3 fully saturated rings. The highest BCUT2D eigenvalue weighted by Gasteiger charge is 2.63. The van der Waals surface area contributed by atoms with Crippen LogP contribution >= 0.6 is 0 Å². The summed E-state index contributed by atoms with van der Waals surface area (Å²) in [4.78, 5) is 46.4. The molecular formula is C19H17N5O4. The van der Waals surface area contributed by atoms with E-state index in [1.807, 2.05) is 6.07 Å². The zero-order valence-corrected chi connectivity index (χ0v) is 15.2. The number of hydrogen-bond acceptors (Lipinski definition) is 6.